The topological polar surface area (TPSA) is 101 Å². The van der Waals surface area contributed by atoms with Gasteiger partial charge in [0.05, 0.1) is 6.20 Å². The van der Waals surface area contributed by atoms with Crippen LogP contribution in [-0.4, -0.2) is 35.8 Å². The lowest BCUT2D eigenvalue weighted by Crippen LogP contribution is -2.27. The Kier molecular flexibility index (Phi) is 4.70. The van der Waals surface area contributed by atoms with Gasteiger partial charge < -0.3 is 5.11 Å². The molecule has 1 rings (SSSR count). The number of nitrogens with zero attached hydrogens (tertiary/aromatic N) is 2. The molecule has 0 spiro atoms. The third kappa shape index (κ3) is 5.39. The highest BCUT2D eigenvalue weighted by Crippen LogP contribution is 2.17. The maximum Gasteiger partial charge on any atom is 0.325 e. The fourth-order valence-electron chi connectivity index (χ4n) is 1.35. The fourth-order valence-corrected chi connectivity index (χ4v) is 2.34. The van der Waals surface area contributed by atoms with Crippen molar-refractivity contribution in [2.75, 3.05) is 6.54 Å². The molecule has 0 unspecified atom stereocenters. The van der Waals surface area contributed by atoms with E-state index in [1.165, 1.54) is 6.20 Å². The van der Waals surface area contributed by atoms with Crippen LogP contribution in [0.2, 0.25) is 0 Å². The van der Waals surface area contributed by atoms with Gasteiger partial charge in [-0.3, -0.25) is 9.48 Å². The molecule has 0 saturated carbocycles. The molecule has 1 aromatic heterocycles. The zero-order chi connectivity index (χ0) is 14.7. The van der Waals surface area contributed by atoms with E-state index in [2.05, 4.69) is 9.82 Å². The average molecular weight is 289 g/mol. The van der Waals surface area contributed by atoms with E-state index in [-0.39, 0.29) is 16.9 Å². The lowest BCUT2D eigenvalue weighted by molar-refractivity contribution is -0.137. The second-order valence-electron chi connectivity index (χ2n) is 5.48. The summed E-state index contributed by atoms with van der Waals surface area (Å²) in [6.07, 6.45) is 3.05. The Morgan fingerprint density at radius 1 is 1.47 bits per heavy atom. The van der Waals surface area contributed by atoms with Crippen LogP contribution in [0.25, 0.3) is 0 Å². The summed E-state index contributed by atoms with van der Waals surface area (Å²) in [5, 5.41) is 12.3. The highest BCUT2D eigenvalue weighted by molar-refractivity contribution is 7.89. The molecule has 0 fully saturated rings. The normalized spacial score (nSPS) is 12.6. The first kappa shape index (κ1) is 15.6. The average Bonchev–Trinajstić information content (AvgIpc) is 2.63. The quantitative estimate of drug-likeness (QED) is 0.802. The molecule has 0 radical (unpaired) electrons. The largest absolute Gasteiger partial charge is 0.480 e. The van der Waals surface area contributed by atoms with Crippen molar-refractivity contribution in [3.8, 4) is 0 Å². The summed E-state index contributed by atoms with van der Waals surface area (Å²) in [5.41, 5.74) is 0.0377. The van der Waals surface area contributed by atoms with Crippen LogP contribution in [0.4, 0.5) is 0 Å². The van der Waals surface area contributed by atoms with Crippen molar-refractivity contribution < 1.29 is 18.3 Å². The number of sulfonamides is 1. The van der Waals surface area contributed by atoms with Gasteiger partial charge in [-0.15, -0.1) is 0 Å². The van der Waals surface area contributed by atoms with Gasteiger partial charge in [0.25, 0.3) is 0 Å². The van der Waals surface area contributed by atoms with E-state index in [1.54, 1.807) is 0 Å². The molecular formula is C11H19N3O4S. The third-order valence-electron chi connectivity index (χ3n) is 2.38. The van der Waals surface area contributed by atoms with E-state index in [1.807, 2.05) is 20.8 Å². The van der Waals surface area contributed by atoms with Gasteiger partial charge >= 0.3 is 5.97 Å². The standard InChI is InChI=1S/C11H19N3O4S/c1-11(2,3)4-5-13-19(17,18)9-6-12-14(7-9)8-10(15)16/h6-7,13H,4-5,8H2,1-3H3,(H,15,16). The number of carboxylic acid groups (broad SMARTS) is 1. The van der Waals surface area contributed by atoms with Crippen molar-refractivity contribution >= 4 is 16.0 Å². The number of hydrogen-bond donors (Lipinski definition) is 2. The molecule has 19 heavy (non-hydrogen) atoms. The number of hydrogen-bond acceptors (Lipinski definition) is 4. The minimum Gasteiger partial charge on any atom is -0.480 e. The van der Waals surface area contributed by atoms with E-state index in [4.69, 9.17) is 5.11 Å². The van der Waals surface area contributed by atoms with E-state index in [0.29, 0.717) is 13.0 Å². The predicted octanol–water partition coefficient (Wildman–Crippen LogP) is 0.682. The molecule has 1 aromatic rings. The number of aliphatic carboxylic acids is 1. The van der Waals surface area contributed by atoms with Crippen molar-refractivity contribution in [1.82, 2.24) is 14.5 Å². The van der Waals surface area contributed by atoms with Crippen LogP contribution in [0.3, 0.4) is 0 Å². The van der Waals surface area contributed by atoms with Crippen molar-refractivity contribution in [2.24, 2.45) is 5.41 Å². The first-order valence-corrected chi connectivity index (χ1v) is 7.32. The molecule has 108 valence electrons. The Morgan fingerprint density at radius 2 is 2.11 bits per heavy atom. The van der Waals surface area contributed by atoms with Crippen LogP contribution in [0.15, 0.2) is 17.3 Å². The van der Waals surface area contributed by atoms with Crippen LogP contribution in [0.1, 0.15) is 27.2 Å². The van der Waals surface area contributed by atoms with Crippen LogP contribution in [-0.2, 0) is 21.4 Å². The molecule has 0 atom stereocenters. The molecule has 0 bridgehead atoms. The van der Waals surface area contributed by atoms with E-state index in [9.17, 15) is 13.2 Å². The van der Waals surface area contributed by atoms with Gasteiger partial charge in [-0.25, -0.2) is 13.1 Å². The first-order valence-electron chi connectivity index (χ1n) is 5.84. The second-order valence-corrected chi connectivity index (χ2v) is 7.24. The zero-order valence-electron chi connectivity index (χ0n) is 11.3. The first-order chi connectivity index (χ1) is 8.60. The lowest BCUT2D eigenvalue weighted by Gasteiger charge is -2.17. The Morgan fingerprint density at radius 3 is 2.63 bits per heavy atom. The van der Waals surface area contributed by atoms with Crippen LogP contribution in [0, 0.1) is 5.41 Å². The SMILES string of the molecule is CC(C)(C)CCNS(=O)(=O)c1cnn(CC(=O)O)c1. The molecule has 0 aliphatic carbocycles. The summed E-state index contributed by atoms with van der Waals surface area (Å²) >= 11 is 0. The van der Waals surface area contributed by atoms with Crippen molar-refractivity contribution in [3.05, 3.63) is 12.4 Å². The third-order valence-corrected chi connectivity index (χ3v) is 3.80. The van der Waals surface area contributed by atoms with Crippen molar-refractivity contribution in [2.45, 2.75) is 38.6 Å². The van der Waals surface area contributed by atoms with Gasteiger partial charge in [0.1, 0.15) is 11.4 Å². The summed E-state index contributed by atoms with van der Waals surface area (Å²) in [4.78, 5) is 10.5. The van der Waals surface area contributed by atoms with Crippen LogP contribution < -0.4 is 4.72 Å². The molecule has 8 heteroatoms. The van der Waals surface area contributed by atoms with E-state index < -0.39 is 16.0 Å². The van der Waals surface area contributed by atoms with Crippen LogP contribution >= 0.6 is 0 Å². The van der Waals surface area contributed by atoms with Gasteiger partial charge in [0, 0.05) is 12.7 Å². The molecule has 0 aliphatic rings. The molecule has 0 aliphatic heterocycles. The monoisotopic (exact) mass is 289 g/mol. The van der Waals surface area contributed by atoms with E-state index >= 15 is 0 Å². The van der Waals surface area contributed by atoms with Gasteiger partial charge in [0.2, 0.25) is 10.0 Å². The fraction of sp³-hybridized carbons (Fsp3) is 0.636. The molecule has 7 nitrogen and oxygen atoms in total. The Bertz CT molecular complexity index is 543. The molecule has 0 amide bonds. The number of carbonyl (C=O) groups is 1. The van der Waals surface area contributed by atoms with Gasteiger partial charge in [-0.05, 0) is 11.8 Å². The smallest absolute Gasteiger partial charge is 0.325 e. The summed E-state index contributed by atoms with van der Waals surface area (Å²) in [6, 6.07) is 0. The molecular weight excluding hydrogens is 270 g/mol. The summed E-state index contributed by atoms with van der Waals surface area (Å²) in [7, 11) is -3.62. The predicted molar refractivity (Wildman–Crippen MR) is 69.1 cm³/mol. The Labute approximate surface area is 112 Å². The molecule has 0 saturated heterocycles. The minimum atomic E-state index is -3.62. The molecule has 2 N–H and O–H groups in total. The van der Waals surface area contributed by atoms with Crippen molar-refractivity contribution in [3.63, 3.8) is 0 Å². The maximum absolute atomic E-state index is 11.9. The number of rotatable bonds is 6. The van der Waals surface area contributed by atoms with Gasteiger partial charge in [0.15, 0.2) is 0 Å². The second kappa shape index (κ2) is 5.70. The summed E-state index contributed by atoms with van der Waals surface area (Å²) in [5.74, 6) is -1.08. The summed E-state index contributed by atoms with van der Waals surface area (Å²) < 4.78 is 27.4. The summed E-state index contributed by atoms with van der Waals surface area (Å²) in [6.45, 7) is 6.03. The highest BCUT2D eigenvalue weighted by atomic mass is 32.2. The van der Waals surface area contributed by atoms with Gasteiger partial charge in [-0.2, -0.15) is 5.10 Å². The number of carboxylic acids is 1. The van der Waals surface area contributed by atoms with E-state index in [0.717, 1.165) is 10.9 Å². The van der Waals surface area contributed by atoms with Crippen LogP contribution in [0.5, 0.6) is 0 Å². The minimum absolute atomic E-state index is 0.0253. The Hall–Kier alpha value is -1.41. The lowest BCUT2D eigenvalue weighted by atomic mass is 9.93. The Balaban J connectivity index is 2.67. The number of aromatic nitrogens is 2. The highest BCUT2D eigenvalue weighted by Gasteiger charge is 2.18. The maximum atomic E-state index is 11.9. The zero-order valence-corrected chi connectivity index (χ0v) is 12.1. The number of nitrogens with one attached hydrogen (secondary N) is 1. The molecule has 0 aromatic carbocycles. The van der Waals surface area contributed by atoms with Gasteiger partial charge in [-0.1, -0.05) is 20.8 Å². The molecule has 1 heterocycles. The van der Waals surface area contributed by atoms with Crippen molar-refractivity contribution in [1.29, 1.82) is 0 Å².